The highest BCUT2D eigenvalue weighted by Crippen LogP contribution is 2.37. The highest BCUT2D eigenvalue weighted by Gasteiger charge is 2.33. The lowest BCUT2D eigenvalue weighted by Crippen LogP contribution is -2.31. The fourth-order valence-corrected chi connectivity index (χ4v) is 4.36. The number of tetrazole rings is 1. The van der Waals surface area contributed by atoms with Crippen LogP contribution in [-0.2, 0) is 0 Å². The van der Waals surface area contributed by atoms with Crippen LogP contribution in [0.25, 0.3) is 0 Å². The van der Waals surface area contributed by atoms with E-state index in [-0.39, 0.29) is 6.04 Å². The summed E-state index contributed by atoms with van der Waals surface area (Å²) in [4.78, 5) is 2.50. The summed E-state index contributed by atoms with van der Waals surface area (Å²) in [6.45, 7) is 2.17. The van der Waals surface area contributed by atoms with Crippen molar-refractivity contribution in [1.29, 1.82) is 0 Å². The van der Waals surface area contributed by atoms with E-state index in [9.17, 15) is 0 Å². The molecule has 1 saturated heterocycles. The minimum atomic E-state index is 0.0653. The zero-order chi connectivity index (χ0) is 17.1. The molecule has 6 heteroatoms. The Morgan fingerprint density at radius 3 is 2.56 bits per heavy atom. The number of hydrogen-bond acceptors (Lipinski definition) is 5. The minimum Gasteiger partial charge on any atom is -0.496 e. The Morgan fingerprint density at radius 2 is 1.80 bits per heavy atom. The van der Waals surface area contributed by atoms with Crippen molar-refractivity contribution >= 4 is 0 Å². The number of rotatable bonds is 5. The Labute approximate surface area is 149 Å². The van der Waals surface area contributed by atoms with Crippen LogP contribution in [0.4, 0.5) is 0 Å². The Balaban J connectivity index is 1.75. The summed E-state index contributed by atoms with van der Waals surface area (Å²) >= 11 is 0. The molecule has 0 unspecified atom stereocenters. The van der Waals surface area contributed by atoms with Crippen LogP contribution in [-0.4, -0.2) is 45.3 Å². The standard InChI is InChI=1S/C19H27N5O/c1-25-17-12-6-5-11-16(17)18(23-13-7-8-14-23)19-20-21-22-24(19)15-9-3-2-4-10-15/h5-6,11-12,15,18H,2-4,7-10,13-14H2,1H3/t18-/m0/s1. The first-order chi connectivity index (χ1) is 12.4. The van der Waals surface area contributed by atoms with Crippen LogP contribution in [0.5, 0.6) is 5.75 Å². The number of para-hydroxylation sites is 1. The molecule has 1 atom stereocenters. The summed E-state index contributed by atoms with van der Waals surface area (Å²) < 4.78 is 7.77. The lowest BCUT2D eigenvalue weighted by Gasteiger charge is -2.30. The van der Waals surface area contributed by atoms with E-state index in [0.29, 0.717) is 6.04 Å². The van der Waals surface area contributed by atoms with Gasteiger partial charge >= 0.3 is 0 Å². The predicted octanol–water partition coefficient (Wildman–Crippen LogP) is 3.37. The first-order valence-corrected chi connectivity index (χ1v) is 9.53. The average molecular weight is 341 g/mol. The first-order valence-electron chi connectivity index (χ1n) is 9.53. The number of benzene rings is 1. The van der Waals surface area contributed by atoms with Gasteiger partial charge in [-0.3, -0.25) is 4.90 Å². The molecule has 134 valence electrons. The molecule has 2 aliphatic rings. The van der Waals surface area contributed by atoms with Gasteiger partial charge in [-0.2, -0.15) is 0 Å². The molecule has 0 spiro atoms. The van der Waals surface area contributed by atoms with Crippen molar-refractivity contribution in [1.82, 2.24) is 25.1 Å². The van der Waals surface area contributed by atoms with Gasteiger partial charge in [-0.1, -0.05) is 37.5 Å². The molecular formula is C19H27N5O. The molecule has 0 N–H and O–H groups in total. The van der Waals surface area contributed by atoms with Crippen molar-refractivity contribution in [2.75, 3.05) is 20.2 Å². The van der Waals surface area contributed by atoms with Gasteiger partial charge in [0.1, 0.15) is 11.8 Å². The summed E-state index contributed by atoms with van der Waals surface area (Å²) in [7, 11) is 1.74. The molecule has 0 bridgehead atoms. The molecule has 2 heterocycles. The van der Waals surface area contributed by atoms with E-state index in [4.69, 9.17) is 4.74 Å². The Morgan fingerprint density at radius 1 is 1.04 bits per heavy atom. The van der Waals surface area contributed by atoms with Crippen LogP contribution < -0.4 is 4.74 Å². The number of ether oxygens (including phenoxy) is 1. The second-order valence-corrected chi connectivity index (χ2v) is 7.16. The number of methoxy groups -OCH3 is 1. The molecule has 4 rings (SSSR count). The quantitative estimate of drug-likeness (QED) is 0.834. The first kappa shape index (κ1) is 16.5. The van der Waals surface area contributed by atoms with Crippen molar-refractivity contribution in [3.63, 3.8) is 0 Å². The molecule has 1 aromatic carbocycles. The molecule has 2 aromatic rings. The third kappa shape index (κ3) is 3.27. The normalized spacial score (nSPS) is 20.7. The van der Waals surface area contributed by atoms with Gasteiger partial charge in [0.25, 0.3) is 0 Å². The molecule has 25 heavy (non-hydrogen) atoms. The van der Waals surface area contributed by atoms with Gasteiger partial charge in [0.2, 0.25) is 0 Å². The monoisotopic (exact) mass is 341 g/mol. The fourth-order valence-electron chi connectivity index (χ4n) is 4.36. The summed E-state index contributed by atoms with van der Waals surface area (Å²) in [5, 5.41) is 13.0. The molecule has 1 aromatic heterocycles. The van der Waals surface area contributed by atoms with Gasteiger partial charge in [0.05, 0.1) is 13.2 Å². The Hall–Kier alpha value is -1.95. The summed E-state index contributed by atoms with van der Waals surface area (Å²) in [5.41, 5.74) is 1.17. The maximum absolute atomic E-state index is 5.66. The molecule has 0 radical (unpaired) electrons. The van der Waals surface area contributed by atoms with Gasteiger partial charge in [0, 0.05) is 5.56 Å². The Bertz CT molecular complexity index is 689. The van der Waals surface area contributed by atoms with Crippen molar-refractivity contribution in [2.45, 2.75) is 57.0 Å². The van der Waals surface area contributed by atoms with E-state index in [1.807, 2.05) is 12.1 Å². The number of aromatic nitrogens is 4. The van der Waals surface area contributed by atoms with E-state index < -0.39 is 0 Å². The van der Waals surface area contributed by atoms with Crippen LogP contribution >= 0.6 is 0 Å². The van der Waals surface area contributed by atoms with Crippen LogP contribution in [0.2, 0.25) is 0 Å². The maximum atomic E-state index is 5.66. The zero-order valence-corrected chi connectivity index (χ0v) is 15.0. The van der Waals surface area contributed by atoms with Gasteiger partial charge in [-0.15, -0.1) is 5.10 Å². The number of likely N-dealkylation sites (tertiary alicyclic amines) is 1. The van der Waals surface area contributed by atoms with Crippen LogP contribution in [0.3, 0.4) is 0 Å². The van der Waals surface area contributed by atoms with E-state index in [1.54, 1.807) is 7.11 Å². The van der Waals surface area contributed by atoms with Gasteiger partial charge in [-0.25, -0.2) is 4.68 Å². The molecular weight excluding hydrogens is 314 g/mol. The second kappa shape index (κ2) is 7.52. The van der Waals surface area contributed by atoms with Crippen LogP contribution in [0.15, 0.2) is 24.3 Å². The van der Waals surface area contributed by atoms with Crippen molar-refractivity contribution in [3.05, 3.63) is 35.7 Å². The van der Waals surface area contributed by atoms with Crippen molar-refractivity contribution in [2.24, 2.45) is 0 Å². The highest BCUT2D eigenvalue weighted by atomic mass is 16.5. The topological polar surface area (TPSA) is 56.1 Å². The van der Waals surface area contributed by atoms with Gasteiger partial charge in [-0.05, 0) is 55.3 Å². The second-order valence-electron chi connectivity index (χ2n) is 7.16. The lowest BCUT2D eigenvalue weighted by atomic mass is 9.95. The average Bonchev–Trinajstić information content (AvgIpc) is 3.36. The minimum absolute atomic E-state index is 0.0653. The molecule has 2 fully saturated rings. The van der Waals surface area contributed by atoms with E-state index in [0.717, 1.165) is 24.7 Å². The third-order valence-corrected chi connectivity index (χ3v) is 5.62. The zero-order valence-electron chi connectivity index (χ0n) is 15.0. The van der Waals surface area contributed by atoms with E-state index in [2.05, 4.69) is 37.2 Å². The lowest BCUT2D eigenvalue weighted by molar-refractivity contribution is 0.240. The summed E-state index contributed by atoms with van der Waals surface area (Å²) in [6, 6.07) is 8.78. The summed E-state index contributed by atoms with van der Waals surface area (Å²) in [5.74, 6) is 1.89. The predicted molar refractivity (Wildman–Crippen MR) is 95.6 cm³/mol. The molecule has 6 nitrogen and oxygen atoms in total. The van der Waals surface area contributed by atoms with Crippen LogP contribution in [0, 0.1) is 0 Å². The Kier molecular flexibility index (Phi) is 4.97. The van der Waals surface area contributed by atoms with Crippen LogP contribution in [0.1, 0.15) is 68.4 Å². The third-order valence-electron chi connectivity index (χ3n) is 5.62. The van der Waals surface area contributed by atoms with Crippen molar-refractivity contribution < 1.29 is 4.74 Å². The van der Waals surface area contributed by atoms with E-state index >= 15 is 0 Å². The fraction of sp³-hybridized carbons (Fsp3) is 0.632. The maximum Gasteiger partial charge on any atom is 0.173 e. The largest absolute Gasteiger partial charge is 0.496 e. The highest BCUT2D eigenvalue weighted by molar-refractivity contribution is 5.39. The van der Waals surface area contributed by atoms with Crippen molar-refractivity contribution in [3.8, 4) is 5.75 Å². The van der Waals surface area contributed by atoms with Gasteiger partial charge < -0.3 is 4.74 Å². The molecule has 1 aliphatic heterocycles. The number of hydrogen-bond donors (Lipinski definition) is 0. The molecule has 1 aliphatic carbocycles. The molecule has 0 amide bonds. The smallest absolute Gasteiger partial charge is 0.173 e. The number of nitrogens with zero attached hydrogens (tertiary/aromatic N) is 5. The SMILES string of the molecule is COc1ccccc1[C@@H](c1nnnn1C1CCCCC1)N1CCCC1. The van der Waals surface area contributed by atoms with E-state index in [1.165, 1.54) is 50.5 Å². The molecule has 1 saturated carbocycles. The summed E-state index contributed by atoms with van der Waals surface area (Å²) in [6.07, 6.45) is 8.69. The van der Waals surface area contributed by atoms with Gasteiger partial charge in [0.15, 0.2) is 5.82 Å².